The molecule has 0 bridgehead atoms. The van der Waals surface area contributed by atoms with Crippen LogP contribution in [0.2, 0.25) is 5.28 Å². The lowest BCUT2D eigenvalue weighted by Crippen LogP contribution is -2.08. The average molecular weight is 252 g/mol. The monoisotopic (exact) mass is 251 g/mol. The van der Waals surface area contributed by atoms with Crippen molar-refractivity contribution in [2.45, 2.75) is 6.42 Å². The van der Waals surface area contributed by atoms with E-state index < -0.39 is 5.82 Å². The van der Waals surface area contributed by atoms with E-state index in [9.17, 15) is 4.39 Å². The SMILES string of the molecule is Fc1cnc(Cl)nc1NCCc1ccccc1. The number of aromatic nitrogens is 2. The Balaban J connectivity index is 1.92. The van der Waals surface area contributed by atoms with Crippen LogP contribution in [0, 0.1) is 5.82 Å². The van der Waals surface area contributed by atoms with Gasteiger partial charge in [0.25, 0.3) is 0 Å². The number of anilines is 1. The molecule has 1 aromatic carbocycles. The van der Waals surface area contributed by atoms with Crippen LogP contribution in [0.15, 0.2) is 36.5 Å². The van der Waals surface area contributed by atoms with Crippen LogP contribution >= 0.6 is 11.6 Å². The first-order chi connectivity index (χ1) is 8.25. The molecule has 0 fully saturated rings. The third-order valence-corrected chi connectivity index (χ3v) is 2.45. The van der Waals surface area contributed by atoms with Gasteiger partial charge in [-0.3, -0.25) is 0 Å². The van der Waals surface area contributed by atoms with Crippen molar-refractivity contribution in [3.8, 4) is 0 Å². The zero-order valence-electron chi connectivity index (χ0n) is 9.03. The van der Waals surface area contributed by atoms with Gasteiger partial charge in [-0.1, -0.05) is 30.3 Å². The van der Waals surface area contributed by atoms with Crippen LogP contribution in [-0.4, -0.2) is 16.5 Å². The molecule has 1 N–H and O–H groups in total. The van der Waals surface area contributed by atoms with Gasteiger partial charge >= 0.3 is 0 Å². The highest BCUT2D eigenvalue weighted by atomic mass is 35.5. The number of hydrogen-bond donors (Lipinski definition) is 1. The third kappa shape index (κ3) is 3.39. The fourth-order valence-electron chi connectivity index (χ4n) is 1.44. The number of hydrogen-bond acceptors (Lipinski definition) is 3. The van der Waals surface area contributed by atoms with E-state index in [0.717, 1.165) is 12.6 Å². The van der Waals surface area contributed by atoms with Gasteiger partial charge in [0.2, 0.25) is 5.28 Å². The Labute approximate surface area is 104 Å². The average Bonchev–Trinajstić information content (AvgIpc) is 2.35. The summed E-state index contributed by atoms with van der Waals surface area (Å²) in [6.07, 6.45) is 1.85. The Morgan fingerprint density at radius 3 is 2.76 bits per heavy atom. The molecular formula is C12H11ClFN3. The van der Waals surface area contributed by atoms with E-state index >= 15 is 0 Å². The normalized spacial score (nSPS) is 10.2. The molecule has 2 rings (SSSR count). The fraction of sp³-hybridized carbons (Fsp3) is 0.167. The first-order valence-electron chi connectivity index (χ1n) is 5.21. The summed E-state index contributed by atoms with van der Waals surface area (Å²) in [7, 11) is 0. The number of rotatable bonds is 4. The van der Waals surface area contributed by atoms with Crippen LogP contribution in [0.3, 0.4) is 0 Å². The predicted molar refractivity (Wildman–Crippen MR) is 65.6 cm³/mol. The summed E-state index contributed by atoms with van der Waals surface area (Å²) < 4.78 is 13.2. The molecule has 88 valence electrons. The summed E-state index contributed by atoms with van der Waals surface area (Å²) in [4.78, 5) is 7.32. The number of halogens is 2. The molecule has 0 atom stereocenters. The minimum Gasteiger partial charge on any atom is -0.367 e. The lowest BCUT2D eigenvalue weighted by molar-refractivity contribution is 0.616. The molecule has 0 unspecified atom stereocenters. The van der Waals surface area contributed by atoms with Gasteiger partial charge in [0.15, 0.2) is 11.6 Å². The van der Waals surface area contributed by atoms with Crippen molar-refractivity contribution in [2.75, 3.05) is 11.9 Å². The molecule has 5 heteroatoms. The van der Waals surface area contributed by atoms with Crippen LogP contribution in [0.25, 0.3) is 0 Å². The molecule has 0 aliphatic rings. The van der Waals surface area contributed by atoms with E-state index in [1.165, 1.54) is 5.56 Å². The maximum atomic E-state index is 13.2. The molecule has 0 aliphatic carbocycles. The second kappa shape index (κ2) is 5.59. The first-order valence-corrected chi connectivity index (χ1v) is 5.59. The molecule has 17 heavy (non-hydrogen) atoms. The van der Waals surface area contributed by atoms with Gasteiger partial charge in [-0.25, -0.2) is 9.37 Å². The lowest BCUT2D eigenvalue weighted by Gasteiger charge is -2.06. The second-order valence-electron chi connectivity index (χ2n) is 3.50. The van der Waals surface area contributed by atoms with Crippen LogP contribution in [0.1, 0.15) is 5.56 Å². The zero-order valence-corrected chi connectivity index (χ0v) is 9.78. The highest BCUT2D eigenvalue weighted by Gasteiger charge is 2.04. The van der Waals surface area contributed by atoms with Crippen LogP contribution < -0.4 is 5.32 Å². The molecule has 0 spiro atoms. The van der Waals surface area contributed by atoms with Gasteiger partial charge in [0.05, 0.1) is 6.20 Å². The van der Waals surface area contributed by atoms with Crippen molar-refractivity contribution < 1.29 is 4.39 Å². The topological polar surface area (TPSA) is 37.8 Å². The van der Waals surface area contributed by atoms with E-state index in [1.807, 2.05) is 30.3 Å². The molecular weight excluding hydrogens is 241 g/mol. The highest BCUT2D eigenvalue weighted by Crippen LogP contribution is 2.11. The van der Waals surface area contributed by atoms with E-state index in [-0.39, 0.29) is 11.1 Å². The molecule has 3 nitrogen and oxygen atoms in total. The van der Waals surface area contributed by atoms with Crippen molar-refractivity contribution in [3.63, 3.8) is 0 Å². The summed E-state index contributed by atoms with van der Waals surface area (Å²) in [5.74, 6) is -0.358. The quantitative estimate of drug-likeness (QED) is 0.849. The lowest BCUT2D eigenvalue weighted by atomic mass is 10.1. The maximum Gasteiger partial charge on any atom is 0.224 e. The summed E-state index contributed by atoms with van der Waals surface area (Å²) in [6, 6.07) is 9.94. The maximum absolute atomic E-state index is 13.2. The van der Waals surface area contributed by atoms with Gasteiger partial charge < -0.3 is 5.32 Å². The highest BCUT2D eigenvalue weighted by molar-refractivity contribution is 6.28. The summed E-state index contributed by atoms with van der Waals surface area (Å²) in [5.41, 5.74) is 1.18. The Morgan fingerprint density at radius 1 is 1.24 bits per heavy atom. The van der Waals surface area contributed by atoms with Crippen molar-refractivity contribution in [1.82, 2.24) is 9.97 Å². The van der Waals surface area contributed by atoms with Gasteiger partial charge in [-0.2, -0.15) is 4.98 Å². The second-order valence-corrected chi connectivity index (χ2v) is 3.84. The Hall–Kier alpha value is -1.68. The van der Waals surface area contributed by atoms with E-state index in [1.54, 1.807) is 0 Å². The van der Waals surface area contributed by atoms with E-state index in [0.29, 0.717) is 6.54 Å². The predicted octanol–water partition coefficient (Wildman–Crippen LogP) is 2.92. The van der Waals surface area contributed by atoms with Crippen molar-refractivity contribution in [2.24, 2.45) is 0 Å². The molecule has 1 aromatic heterocycles. The Morgan fingerprint density at radius 2 is 2.00 bits per heavy atom. The standard InChI is InChI=1S/C12H11ClFN3/c13-12-16-8-10(14)11(17-12)15-7-6-9-4-2-1-3-5-9/h1-5,8H,6-7H2,(H,15,16,17). The van der Waals surface area contributed by atoms with E-state index in [4.69, 9.17) is 11.6 Å². The Kier molecular flexibility index (Phi) is 3.88. The summed E-state index contributed by atoms with van der Waals surface area (Å²) in [5, 5.41) is 2.93. The largest absolute Gasteiger partial charge is 0.367 e. The minimum absolute atomic E-state index is 0.0358. The smallest absolute Gasteiger partial charge is 0.224 e. The summed E-state index contributed by atoms with van der Waals surface area (Å²) in [6.45, 7) is 0.592. The van der Waals surface area contributed by atoms with Gasteiger partial charge in [0, 0.05) is 6.54 Å². The van der Waals surface area contributed by atoms with Crippen molar-refractivity contribution in [1.29, 1.82) is 0 Å². The van der Waals surface area contributed by atoms with Crippen molar-refractivity contribution in [3.05, 3.63) is 53.2 Å². The van der Waals surface area contributed by atoms with Crippen molar-refractivity contribution >= 4 is 17.4 Å². The van der Waals surface area contributed by atoms with Crippen LogP contribution in [0.4, 0.5) is 10.2 Å². The minimum atomic E-state index is -0.498. The van der Waals surface area contributed by atoms with Gasteiger partial charge in [-0.15, -0.1) is 0 Å². The van der Waals surface area contributed by atoms with Gasteiger partial charge in [-0.05, 0) is 23.6 Å². The molecule has 0 radical (unpaired) electrons. The number of nitrogens with one attached hydrogen (secondary N) is 1. The third-order valence-electron chi connectivity index (χ3n) is 2.26. The molecule has 0 amide bonds. The molecule has 0 aliphatic heterocycles. The van der Waals surface area contributed by atoms with E-state index in [2.05, 4.69) is 15.3 Å². The fourth-order valence-corrected chi connectivity index (χ4v) is 1.57. The molecule has 0 saturated carbocycles. The zero-order chi connectivity index (χ0) is 12.1. The first kappa shape index (κ1) is 11.8. The molecule has 0 saturated heterocycles. The number of benzene rings is 1. The van der Waals surface area contributed by atoms with Crippen LogP contribution in [-0.2, 0) is 6.42 Å². The van der Waals surface area contributed by atoms with Gasteiger partial charge in [0.1, 0.15) is 0 Å². The summed E-state index contributed by atoms with van der Waals surface area (Å²) >= 11 is 5.58. The molecule has 2 aromatic rings. The number of nitrogens with zero attached hydrogens (tertiary/aromatic N) is 2. The molecule has 1 heterocycles. The van der Waals surface area contributed by atoms with Crippen LogP contribution in [0.5, 0.6) is 0 Å². The Bertz CT molecular complexity index is 490.